The summed E-state index contributed by atoms with van der Waals surface area (Å²) in [6, 6.07) is 17.1. The number of rotatable bonds is 8. The molecule has 0 aliphatic carbocycles. The van der Waals surface area contributed by atoms with E-state index in [1.165, 1.54) is 23.9 Å². The Labute approximate surface area is 192 Å². The van der Waals surface area contributed by atoms with Crippen molar-refractivity contribution in [3.8, 4) is 5.69 Å². The third-order valence-electron chi connectivity index (χ3n) is 4.48. The molecule has 4 rings (SSSR count). The standard InChI is InChI=1S/C23H19FN4O2S2/c24-19-8-1-2-9-20(19)27-21(29)15-32-23-25-10-11-28(23)17-6-3-5-16(13-17)22(30)26-14-18-7-4-12-31-18/h1-13H,14-15H2,(H,26,30)(H,27,29). The predicted octanol–water partition coefficient (Wildman–Crippen LogP) is 4.73. The Morgan fingerprint density at radius 3 is 2.78 bits per heavy atom. The number of carbonyl (C=O) groups excluding carboxylic acids is 2. The molecule has 0 saturated heterocycles. The average molecular weight is 467 g/mol. The number of para-hydroxylation sites is 1. The van der Waals surface area contributed by atoms with Gasteiger partial charge in [0.05, 0.1) is 18.0 Å². The molecule has 0 bridgehead atoms. The van der Waals surface area contributed by atoms with E-state index >= 15 is 0 Å². The zero-order chi connectivity index (χ0) is 22.3. The van der Waals surface area contributed by atoms with E-state index in [4.69, 9.17) is 0 Å². The second-order valence-electron chi connectivity index (χ2n) is 6.71. The normalized spacial score (nSPS) is 10.7. The third-order valence-corrected chi connectivity index (χ3v) is 6.32. The quantitative estimate of drug-likeness (QED) is 0.368. The van der Waals surface area contributed by atoms with Gasteiger partial charge in [-0.3, -0.25) is 14.2 Å². The number of aromatic nitrogens is 2. The Hall–Kier alpha value is -3.43. The number of halogens is 1. The summed E-state index contributed by atoms with van der Waals surface area (Å²) in [5.41, 5.74) is 1.42. The van der Waals surface area contributed by atoms with Crippen LogP contribution in [0.3, 0.4) is 0 Å². The Balaban J connectivity index is 1.40. The number of hydrogen-bond donors (Lipinski definition) is 2. The SMILES string of the molecule is O=C(CSc1nccn1-c1cccc(C(=O)NCc2cccs2)c1)Nc1ccccc1F. The molecule has 9 heteroatoms. The van der Waals surface area contributed by atoms with Gasteiger partial charge in [0.1, 0.15) is 5.82 Å². The topological polar surface area (TPSA) is 76.0 Å². The van der Waals surface area contributed by atoms with Crippen LogP contribution in [0.5, 0.6) is 0 Å². The molecule has 162 valence electrons. The lowest BCUT2D eigenvalue weighted by Crippen LogP contribution is -2.22. The zero-order valence-corrected chi connectivity index (χ0v) is 18.5. The summed E-state index contributed by atoms with van der Waals surface area (Å²) >= 11 is 2.81. The van der Waals surface area contributed by atoms with Crippen molar-refractivity contribution in [1.29, 1.82) is 0 Å². The summed E-state index contributed by atoms with van der Waals surface area (Å²) in [6.07, 6.45) is 3.39. The molecule has 0 radical (unpaired) electrons. The lowest BCUT2D eigenvalue weighted by molar-refractivity contribution is -0.113. The molecule has 2 amide bonds. The lowest BCUT2D eigenvalue weighted by atomic mass is 10.2. The van der Waals surface area contributed by atoms with Gasteiger partial charge in [-0.2, -0.15) is 0 Å². The molecule has 32 heavy (non-hydrogen) atoms. The molecule has 2 heterocycles. The van der Waals surface area contributed by atoms with E-state index in [0.717, 1.165) is 10.6 Å². The Morgan fingerprint density at radius 1 is 1.09 bits per heavy atom. The molecule has 0 atom stereocenters. The second kappa shape index (κ2) is 10.3. The highest BCUT2D eigenvalue weighted by Crippen LogP contribution is 2.22. The van der Waals surface area contributed by atoms with E-state index in [1.807, 2.05) is 23.6 Å². The van der Waals surface area contributed by atoms with Gasteiger partial charge in [-0.25, -0.2) is 9.37 Å². The van der Waals surface area contributed by atoms with Crippen molar-refractivity contribution in [2.24, 2.45) is 0 Å². The lowest BCUT2D eigenvalue weighted by Gasteiger charge is -2.10. The van der Waals surface area contributed by atoms with Crippen molar-refractivity contribution in [3.05, 3.63) is 94.7 Å². The van der Waals surface area contributed by atoms with Crippen LogP contribution in [0.15, 0.2) is 83.6 Å². The van der Waals surface area contributed by atoms with Gasteiger partial charge in [-0.1, -0.05) is 36.0 Å². The number of imidazole rings is 1. The smallest absolute Gasteiger partial charge is 0.251 e. The van der Waals surface area contributed by atoms with E-state index in [-0.39, 0.29) is 23.3 Å². The maximum absolute atomic E-state index is 13.7. The Bertz CT molecular complexity index is 1220. The molecule has 0 saturated carbocycles. The van der Waals surface area contributed by atoms with Crippen LogP contribution in [0, 0.1) is 5.82 Å². The molecule has 2 aromatic carbocycles. The largest absolute Gasteiger partial charge is 0.347 e. The highest BCUT2D eigenvalue weighted by molar-refractivity contribution is 7.99. The van der Waals surface area contributed by atoms with E-state index in [1.54, 1.807) is 58.6 Å². The minimum absolute atomic E-state index is 0.0618. The minimum atomic E-state index is -0.485. The number of thioether (sulfide) groups is 1. The van der Waals surface area contributed by atoms with Crippen molar-refractivity contribution in [2.75, 3.05) is 11.1 Å². The van der Waals surface area contributed by atoms with Crippen LogP contribution in [0.2, 0.25) is 0 Å². The second-order valence-corrected chi connectivity index (χ2v) is 8.68. The van der Waals surface area contributed by atoms with Crippen LogP contribution in [0.4, 0.5) is 10.1 Å². The number of nitrogens with one attached hydrogen (secondary N) is 2. The van der Waals surface area contributed by atoms with Gasteiger partial charge >= 0.3 is 0 Å². The molecular formula is C23H19FN4O2S2. The first-order valence-electron chi connectivity index (χ1n) is 9.72. The number of nitrogens with zero attached hydrogens (tertiary/aromatic N) is 2. The van der Waals surface area contributed by atoms with Gasteiger partial charge in [0.15, 0.2) is 5.16 Å². The average Bonchev–Trinajstić information content (AvgIpc) is 3.50. The maximum atomic E-state index is 13.7. The summed E-state index contributed by atoms with van der Waals surface area (Å²) in [6.45, 7) is 0.476. The summed E-state index contributed by atoms with van der Waals surface area (Å²) in [5.74, 6) is -0.927. The van der Waals surface area contributed by atoms with Crippen LogP contribution in [-0.2, 0) is 11.3 Å². The molecule has 0 aliphatic heterocycles. The van der Waals surface area contributed by atoms with Crippen LogP contribution < -0.4 is 10.6 Å². The predicted molar refractivity (Wildman–Crippen MR) is 125 cm³/mol. The Kier molecular flexibility index (Phi) is 6.98. The van der Waals surface area contributed by atoms with E-state index in [9.17, 15) is 14.0 Å². The van der Waals surface area contributed by atoms with Gasteiger partial charge in [-0.05, 0) is 41.8 Å². The number of hydrogen-bond acceptors (Lipinski definition) is 5. The first-order valence-corrected chi connectivity index (χ1v) is 11.6. The Morgan fingerprint density at radius 2 is 1.97 bits per heavy atom. The van der Waals surface area contributed by atoms with Crippen LogP contribution in [-0.4, -0.2) is 27.1 Å². The minimum Gasteiger partial charge on any atom is -0.347 e. The molecule has 0 unspecified atom stereocenters. The summed E-state index contributed by atoms with van der Waals surface area (Å²) < 4.78 is 15.5. The first-order chi connectivity index (χ1) is 15.6. The summed E-state index contributed by atoms with van der Waals surface area (Å²) in [4.78, 5) is 30.2. The fourth-order valence-electron chi connectivity index (χ4n) is 2.95. The summed E-state index contributed by atoms with van der Waals surface area (Å²) in [5, 5.41) is 8.03. The monoisotopic (exact) mass is 466 g/mol. The van der Waals surface area contributed by atoms with Crippen LogP contribution in [0.1, 0.15) is 15.2 Å². The fourth-order valence-corrected chi connectivity index (χ4v) is 4.37. The molecule has 6 nitrogen and oxygen atoms in total. The number of amides is 2. The molecular weight excluding hydrogens is 447 g/mol. The number of carbonyl (C=O) groups is 2. The first kappa shape index (κ1) is 21.8. The summed E-state index contributed by atoms with van der Waals surface area (Å²) in [7, 11) is 0. The van der Waals surface area contributed by atoms with Gasteiger partial charge < -0.3 is 10.6 Å². The van der Waals surface area contributed by atoms with Gasteiger partial charge in [0.2, 0.25) is 5.91 Å². The molecule has 4 aromatic rings. The number of benzene rings is 2. The molecule has 0 fully saturated rings. The van der Waals surface area contributed by atoms with Crippen molar-refractivity contribution in [2.45, 2.75) is 11.7 Å². The van der Waals surface area contributed by atoms with Gasteiger partial charge in [0, 0.05) is 28.5 Å². The van der Waals surface area contributed by atoms with Gasteiger partial charge in [-0.15, -0.1) is 11.3 Å². The van der Waals surface area contributed by atoms with Gasteiger partial charge in [0.25, 0.3) is 5.91 Å². The van der Waals surface area contributed by atoms with Crippen molar-refractivity contribution in [1.82, 2.24) is 14.9 Å². The molecule has 2 aromatic heterocycles. The number of thiophene rings is 1. The zero-order valence-electron chi connectivity index (χ0n) is 16.8. The highest BCUT2D eigenvalue weighted by atomic mass is 32.2. The van der Waals surface area contributed by atoms with Crippen molar-refractivity contribution in [3.63, 3.8) is 0 Å². The molecule has 0 aliphatic rings. The number of anilines is 1. The van der Waals surface area contributed by atoms with Crippen molar-refractivity contribution < 1.29 is 14.0 Å². The van der Waals surface area contributed by atoms with E-state index in [2.05, 4.69) is 15.6 Å². The van der Waals surface area contributed by atoms with Crippen LogP contribution >= 0.6 is 23.1 Å². The maximum Gasteiger partial charge on any atom is 0.251 e. The van der Waals surface area contributed by atoms with Crippen molar-refractivity contribution >= 4 is 40.6 Å². The van der Waals surface area contributed by atoms with Crippen LogP contribution in [0.25, 0.3) is 5.69 Å². The van der Waals surface area contributed by atoms with E-state index in [0.29, 0.717) is 17.3 Å². The molecule has 2 N–H and O–H groups in total. The van der Waals surface area contributed by atoms with E-state index < -0.39 is 5.82 Å². The molecule has 0 spiro atoms. The fraction of sp³-hybridized carbons (Fsp3) is 0.0870. The third kappa shape index (κ3) is 5.43. The highest BCUT2D eigenvalue weighted by Gasteiger charge is 2.13.